The van der Waals surface area contributed by atoms with E-state index in [1.807, 2.05) is 6.07 Å². The third-order valence-electron chi connectivity index (χ3n) is 2.51. The molecule has 0 unspecified atom stereocenters. The molecule has 0 aliphatic carbocycles. The van der Waals surface area contributed by atoms with Crippen molar-refractivity contribution < 1.29 is 19.1 Å². The molecule has 1 aromatic carbocycles. The lowest BCUT2D eigenvalue weighted by Crippen LogP contribution is -2.11. The van der Waals surface area contributed by atoms with Gasteiger partial charge < -0.3 is 9.47 Å². The van der Waals surface area contributed by atoms with Gasteiger partial charge in [0.05, 0.1) is 14.2 Å². The SMILES string of the molecule is COC(=O)c1cc2ccccc2c(C(=O)OC)n1. The molecule has 0 aliphatic heterocycles. The number of aromatic nitrogens is 1. The Morgan fingerprint density at radius 2 is 1.72 bits per heavy atom. The van der Waals surface area contributed by atoms with E-state index in [4.69, 9.17) is 0 Å². The standard InChI is InChI=1S/C13H11NO4/c1-17-12(15)10-7-8-5-3-4-6-9(8)11(14-10)13(16)18-2/h3-7H,1-2H3. The fraction of sp³-hybridized carbons (Fsp3) is 0.154. The molecular formula is C13H11NO4. The second kappa shape index (κ2) is 4.83. The Kier molecular flexibility index (Phi) is 3.23. The highest BCUT2D eigenvalue weighted by molar-refractivity contribution is 6.05. The first kappa shape index (κ1) is 12.0. The molecule has 0 N–H and O–H groups in total. The minimum absolute atomic E-state index is 0.0802. The molecule has 0 atom stereocenters. The number of nitrogens with zero attached hydrogens (tertiary/aromatic N) is 1. The second-order valence-corrected chi connectivity index (χ2v) is 3.56. The van der Waals surface area contributed by atoms with Gasteiger partial charge in [-0.15, -0.1) is 0 Å². The van der Waals surface area contributed by atoms with Crippen LogP contribution in [-0.4, -0.2) is 31.1 Å². The number of hydrogen-bond acceptors (Lipinski definition) is 5. The Balaban J connectivity index is 2.72. The number of hydrogen-bond donors (Lipinski definition) is 0. The molecule has 5 heteroatoms. The maximum atomic E-state index is 11.7. The number of ether oxygens (including phenoxy) is 2. The zero-order chi connectivity index (χ0) is 13.1. The van der Waals surface area contributed by atoms with Gasteiger partial charge in [-0.25, -0.2) is 14.6 Å². The average molecular weight is 245 g/mol. The minimum atomic E-state index is -0.592. The maximum absolute atomic E-state index is 11.7. The number of fused-ring (bicyclic) bond motifs is 1. The van der Waals surface area contributed by atoms with Gasteiger partial charge >= 0.3 is 11.9 Å². The lowest BCUT2D eigenvalue weighted by atomic mass is 10.1. The van der Waals surface area contributed by atoms with Crippen LogP contribution in [0.2, 0.25) is 0 Å². The molecule has 2 aromatic rings. The van der Waals surface area contributed by atoms with E-state index in [0.717, 1.165) is 5.39 Å². The van der Waals surface area contributed by atoms with Gasteiger partial charge in [0.25, 0.3) is 0 Å². The van der Waals surface area contributed by atoms with Crippen LogP contribution in [-0.2, 0) is 9.47 Å². The molecule has 0 fully saturated rings. The van der Waals surface area contributed by atoms with Crippen molar-refractivity contribution in [2.24, 2.45) is 0 Å². The van der Waals surface area contributed by atoms with Crippen LogP contribution in [0.4, 0.5) is 0 Å². The smallest absolute Gasteiger partial charge is 0.357 e. The van der Waals surface area contributed by atoms with Crippen LogP contribution < -0.4 is 0 Å². The first-order valence-corrected chi connectivity index (χ1v) is 5.23. The zero-order valence-corrected chi connectivity index (χ0v) is 9.97. The van der Waals surface area contributed by atoms with Gasteiger partial charge in [-0.05, 0) is 11.5 Å². The molecule has 0 saturated heterocycles. The number of carbonyl (C=O) groups excluding carboxylic acids is 2. The van der Waals surface area contributed by atoms with Crippen molar-refractivity contribution in [3.05, 3.63) is 41.7 Å². The van der Waals surface area contributed by atoms with Crippen molar-refractivity contribution in [3.8, 4) is 0 Å². The van der Waals surface area contributed by atoms with Gasteiger partial charge in [-0.1, -0.05) is 24.3 Å². The molecule has 5 nitrogen and oxygen atoms in total. The van der Waals surface area contributed by atoms with Crippen molar-refractivity contribution in [1.29, 1.82) is 0 Å². The van der Waals surface area contributed by atoms with Gasteiger partial charge in [0.1, 0.15) is 5.69 Å². The largest absolute Gasteiger partial charge is 0.464 e. The molecule has 18 heavy (non-hydrogen) atoms. The molecule has 92 valence electrons. The highest BCUT2D eigenvalue weighted by atomic mass is 16.5. The minimum Gasteiger partial charge on any atom is -0.464 e. The molecule has 1 heterocycles. The number of rotatable bonds is 2. The summed E-state index contributed by atoms with van der Waals surface area (Å²) in [5.41, 5.74) is 0.188. The van der Waals surface area contributed by atoms with Gasteiger partial charge in [0.2, 0.25) is 0 Å². The van der Waals surface area contributed by atoms with Crippen molar-refractivity contribution in [2.45, 2.75) is 0 Å². The third-order valence-corrected chi connectivity index (χ3v) is 2.51. The summed E-state index contributed by atoms with van der Waals surface area (Å²) in [4.78, 5) is 27.1. The van der Waals surface area contributed by atoms with Crippen LogP contribution in [0, 0.1) is 0 Å². The molecule has 0 saturated carbocycles. The van der Waals surface area contributed by atoms with Crippen LogP contribution in [0.25, 0.3) is 10.8 Å². The van der Waals surface area contributed by atoms with E-state index >= 15 is 0 Å². The molecule has 0 bridgehead atoms. The fourth-order valence-corrected chi connectivity index (χ4v) is 1.66. The summed E-state index contributed by atoms with van der Waals surface area (Å²) in [6, 6.07) is 8.71. The van der Waals surface area contributed by atoms with E-state index in [9.17, 15) is 9.59 Å². The van der Waals surface area contributed by atoms with Crippen LogP contribution in [0.3, 0.4) is 0 Å². The Labute approximate surface area is 103 Å². The molecule has 0 amide bonds. The number of benzene rings is 1. The number of carbonyl (C=O) groups is 2. The van der Waals surface area contributed by atoms with Gasteiger partial charge in [-0.3, -0.25) is 0 Å². The van der Waals surface area contributed by atoms with Gasteiger partial charge in [-0.2, -0.15) is 0 Å². The summed E-state index contributed by atoms with van der Waals surface area (Å²) in [6.07, 6.45) is 0. The Bertz CT molecular complexity index is 621. The normalized spacial score (nSPS) is 10.1. The monoisotopic (exact) mass is 245 g/mol. The second-order valence-electron chi connectivity index (χ2n) is 3.56. The maximum Gasteiger partial charge on any atom is 0.357 e. The molecule has 2 rings (SSSR count). The van der Waals surface area contributed by atoms with E-state index in [1.54, 1.807) is 24.3 Å². The summed E-state index contributed by atoms with van der Waals surface area (Å²) in [5, 5.41) is 1.37. The van der Waals surface area contributed by atoms with Crippen molar-refractivity contribution in [2.75, 3.05) is 14.2 Å². The quantitative estimate of drug-likeness (QED) is 0.755. The Morgan fingerprint density at radius 1 is 1.06 bits per heavy atom. The lowest BCUT2D eigenvalue weighted by Gasteiger charge is -2.06. The summed E-state index contributed by atoms with van der Waals surface area (Å²) in [5.74, 6) is -1.18. The van der Waals surface area contributed by atoms with Crippen LogP contribution in [0.15, 0.2) is 30.3 Å². The predicted molar refractivity (Wildman–Crippen MR) is 64.4 cm³/mol. The average Bonchev–Trinajstić information content (AvgIpc) is 2.44. The highest BCUT2D eigenvalue weighted by Crippen LogP contribution is 2.19. The van der Waals surface area contributed by atoms with E-state index < -0.39 is 11.9 Å². The van der Waals surface area contributed by atoms with Gasteiger partial charge in [0.15, 0.2) is 5.69 Å². The van der Waals surface area contributed by atoms with Crippen LogP contribution in [0.5, 0.6) is 0 Å². The first-order chi connectivity index (χ1) is 8.67. The third kappa shape index (κ3) is 2.02. The van der Waals surface area contributed by atoms with E-state index in [1.165, 1.54) is 14.2 Å². The fourth-order valence-electron chi connectivity index (χ4n) is 1.66. The van der Waals surface area contributed by atoms with Crippen molar-refractivity contribution in [1.82, 2.24) is 4.98 Å². The molecule has 1 aromatic heterocycles. The van der Waals surface area contributed by atoms with Gasteiger partial charge in [0, 0.05) is 5.39 Å². The van der Waals surface area contributed by atoms with Crippen LogP contribution in [0.1, 0.15) is 21.0 Å². The number of pyridine rings is 1. The zero-order valence-electron chi connectivity index (χ0n) is 9.97. The first-order valence-electron chi connectivity index (χ1n) is 5.23. The molecule has 0 spiro atoms. The van der Waals surface area contributed by atoms with E-state index in [2.05, 4.69) is 14.5 Å². The lowest BCUT2D eigenvalue weighted by molar-refractivity contribution is 0.0588. The number of methoxy groups -OCH3 is 2. The highest BCUT2D eigenvalue weighted by Gasteiger charge is 2.17. The van der Waals surface area contributed by atoms with E-state index in [0.29, 0.717) is 5.39 Å². The summed E-state index contributed by atoms with van der Waals surface area (Å²) in [7, 11) is 2.53. The summed E-state index contributed by atoms with van der Waals surface area (Å²) < 4.78 is 9.26. The molecule has 0 aliphatic rings. The Morgan fingerprint density at radius 3 is 2.39 bits per heavy atom. The topological polar surface area (TPSA) is 65.5 Å². The van der Waals surface area contributed by atoms with Crippen molar-refractivity contribution >= 4 is 22.7 Å². The van der Waals surface area contributed by atoms with E-state index in [-0.39, 0.29) is 11.4 Å². The predicted octanol–water partition coefficient (Wildman–Crippen LogP) is 1.81. The summed E-state index contributed by atoms with van der Waals surface area (Å²) in [6.45, 7) is 0. The molecule has 0 radical (unpaired) electrons. The Hall–Kier alpha value is -2.43. The van der Waals surface area contributed by atoms with Crippen LogP contribution >= 0.6 is 0 Å². The van der Waals surface area contributed by atoms with Crippen molar-refractivity contribution in [3.63, 3.8) is 0 Å². The summed E-state index contributed by atoms with van der Waals surface area (Å²) >= 11 is 0. The number of esters is 2. The molecular weight excluding hydrogens is 234 g/mol.